The molecule has 0 unspecified atom stereocenters. The maximum atomic E-state index is 13.9. The predicted molar refractivity (Wildman–Crippen MR) is 162 cm³/mol. The molecule has 10 nitrogen and oxygen atoms in total. The Kier molecular flexibility index (Phi) is 15.7. The van der Waals surface area contributed by atoms with Gasteiger partial charge in [0.1, 0.15) is 0 Å². The first-order valence-corrected chi connectivity index (χ1v) is 15.1. The monoisotopic (exact) mass is 914 g/mol. The summed E-state index contributed by atoms with van der Waals surface area (Å²) in [6.45, 7) is 1.74. The Morgan fingerprint density at radius 3 is 1.37 bits per heavy atom. The summed E-state index contributed by atoms with van der Waals surface area (Å²) in [7, 11) is 0. The number of carbonyl (C=O) groups is 1. The molecule has 0 saturated heterocycles. The van der Waals surface area contributed by atoms with E-state index < -0.39 is 90.7 Å². The summed E-state index contributed by atoms with van der Waals surface area (Å²) in [4.78, 5) is 11.5. The summed E-state index contributed by atoms with van der Waals surface area (Å²) in [5.41, 5.74) is 1.10. The first kappa shape index (κ1) is 52.5. The van der Waals surface area contributed by atoms with E-state index in [-0.39, 0.29) is 22.8 Å². The minimum atomic E-state index is -9.06. The number of hydrogen-bond acceptors (Lipinski definition) is 10. The number of halogens is 19. The molecule has 4 N–H and O–H groups in total. The molecule has 60 heavy (non-hydrogen) atoms. The highest BCUT2D eigenvalue weighted by Gasteiger charge is 2.96. The van der Waals surface area contributed by atoms with Crippen LogP contribution in [0, 0.1) is 0 Å². The maximum absolute atomic E-state index is 13.9. The van der Waals surface area contributed by atoms with Gasteiger partial charge in [-0.2, -0.15) is 83.4 Å². The van der Waals surface area contributed by atoms with Crippen molar-refractivity contribution in [2.75, 3.05) is 13.2 Å². The average molecular weight is 915 g/mol. The molecule has 0 aromatic heterocycles. The number of phenolic OH excluding ortho intramolecular Hbond substituents is 2. The first-order chi connectivity index (χ1) is 26.9. The largest absolute Gasteiger partial charge is 0.504 e. The van der Waals surface area contributed by atoms with Gasteiger partial charge in [-0.15, -0.1) is 0 Å². The third-order valence-corrected chi connectivity index (χ3v) is 7.43. The zero-order chi connectivity index (χ0) is 47.3. The van der Waals surface area contributed by atoms with E-state index in [0.717, 1.165) is 18.2 Å². The van der Waals surface area contributed by atoms with E-state index in [0.29, 0.717) is 11.3 Å². The molecule has 0 aliphatic heterocycles. The van der Waals surface area contributed by atoms with Crippen LogP contribution in [0.1, 0.15) is 31.4 Å². The van der Waals surface area contributed by atoms with Crippen molar-refractivity contribution < 1.29 is 123 Å². The van der Waals surface area contributed by atoms with Crippen LogP contribution in [0.15, 0.2) is 59.6 Å². The normalized spacial score (nSPS) is 14.2. The number of ether oxygens (including phenoxy) is 3. The second kappa shape index (κ2) is 18.0. The quantitative estimate of drug-likeness (QED) is 0.0306. The fraction of sp³-hybridized carbons (Fsp3) is 0.452. The van der Waals surface area contributed by atoms with Crippen molar-refractivity contribution in [3.63, 3.8) is 0 Å². The lowest BCUT2D eigenvalue weighted by atomic mass is 9.87. The number of phenols is 2. The van der Waals surface area contributed by atoms with Crippen molar-refractivity contribution in [2.24, 2.45) is 10.3 Å². The summed E-state index contributed by atoms with van der Waals surface area (Å²) in [5.74, 6) is -71.1. The smallest absolute Gasteiger partial charge is 0.460 e. The van der Waals surface area contributed by atoms with Gasteiger partial charge >= 0.3 is 59.5 Å². The van der Waals surface area contributed by atoms with Crippen LogP contribution in [0.4, 0.5) is 83.4 Å². The van der Waals surface area contributed by atoms with Gasteiger partial charge in [0.05, 0.1) is 30.7 Å². The molecule has 0 amide bonds. The average Bonchev–Trinajstić information content (AvgIpc) is 3.14. The van der Waals surface area contributed by atoms with Crippen molar-refractivity contribution in [1.82, 2.24) is 0 Å². The molecular weight excluding hydrogens is 889 g/mol. The fourth-order valence-electron chi connectivity index (χ4n) is 3.87. The van der Waals surface area contributed by atoms with E-state index in [2.05, 4.69) is 21.6 Å². The van der Waals surface area contributed by atoms with E-state index >= 15 is 0 Å². The summed E-state index contributed by atoms with van der Waals surface area (Å²) in [5, 5.41) is 42.0. The molecule has 0 saturated carbocycles. The van der Waals surface area contributed by atoms with Crippen LogP contribution in [0.3, 0.4) is 0 Å². The molecule has 0 bridgehead atoms. The summed E-state index contributed by atoms with van der Waals surface area (Å²) >= 11 is 0. The van der Waals surface area contributed by atoms with Crippen molar-refractivity contribution in [3.05, 3.63) is 60.4 Å². The number of oxime groups is 2. The molecular formula is C31H25F19N2O8. The topological polar surface area (TPSA) is 150 Å². The molecule has 2 aromatic rings. The van der Waals surface area contributed by atoms with Gasteiger partial charge in [0.15, 0.2) is 29.6 Å². The van der Waals surface area contributed by atoms with Gasteiger partial charge in [0.2, 0.25) is 0 Å². The fourth-order valence-corrected chi connectivity index (χ4v) is 3.87. The zero-order valence-corrected chi connectivity index (χ0v) is 29.4. The molecule has 2 rings (SSSR count). The van der Waals surface area contributed by atoms with Gasteiger partial charge in [-0.05, 0) is 50.2 Å². The van der Waals surface area contributed by atoms with Crippen LogP contribution in [-0.4, -0.2) is 105 Å². The van der Waals surface area contributed by atoms with E-state index in [4.69, 9.17) is 19.9 Å². The van der Waals surface area contributed by atoms with Crippen molar-refractivity contribution in [2.45, 2.75) is 73.8 Å². The lowest BCUT2D eigenvalue weighted by Crippen LogP contribution is -2.76. The van der Waals surface area contributed by atoms with E-state index in [9.17, 15) is 98.4 Å². The molecule has 0 aliphatic rings. The Bertz CT molecular complexity index is 1900. The summed E-state index contributed by atoms with van der Waals surface area (Å²) < 4.78 is 266. The Morgan fingerprint density at radius 2 is 0.983 bits per heavy atom. The Balaban J connectivity index is 0.00000108. The zero-order valence-electron chi connectivity index (χ0n) is 29.4. The van der Waals surface area contributed by atoms with Crippen LogP contribution in [0.25, 0.3) is 0 Å². The third-order valence-electron chi connectivity index (χ3n) is 7.43. The summed E-state index contributed by atoms with van der Waals surface area (Å²) in [6, 6.07) is 7.69. The number of hydrogen-bond donors (Lipinski definition) is 4. The molecule has 0 spiro atoms. The van der Waals surface area contributed by atoms with Crippen molar-refractivity contribution in [1.29, 1.82) is 0 Å². The maximum Gasteiger partial charge on any atom is 0.460 e. The van der Waals surface area contributed by atoms with Gasteiger partial charge in [0.25, 0.3) is 0 Å². The van der Waals surface area contributed by atoms with Crippen molar-refractivity contribution in [3.8, 4) is 23.0 Å². The predicted octanol–water partition coefficient (Wildman–Crippen LogP) is 9.66. The number of aromatic hydroxyl groups is 2. The van der Waals surface area contributed by atoms with Gasteiger partial charge in [0, 0.05) is 11.1 Å². The molecule has 29 heteroatoms. The van der Waals surface area contributed by atoms with Crippen LogP contribution >= 0.6 is 0 Å². The highest BCUT2D eigenvalue weighted by molar-refractivity contribution is 5.99. The highest BCUT2D eigenvalue weighted by atomic mass is 19.4. The Hall–Kier alpha value is -5.54. The SMILES string of the molecule is C/C(=N/O)c1ccc(O)c(OCCC(=O)OCC(F)(F)C(F)(F)C(F)(F)C(F)(F)C(F)(F)C(F)(F)C(F)(F)C(F)(F)C(F)(F)F)c1.C=COc1cc(/C(C)=N\O)ccc1O. The molecule has 2 aromatic carbocycles. The minimum Gasteiger partial charge on any atom is -0.504 e. The van der Waals surface area contributed by atoms with Gasteiger partial charge in [-0.3, -0.25) is 4.79 Å². The third kappa shape index (κ3) is 9.73. The number of alkyl halides is 19. The minimum absolute atomic E-state index is 0.0133. The second-order valence-electron chi connectivity index (χ2n) is 11.5. The number of rotatable bonds is 17. The standard InChI is InChI=1S/C21H14F19NO5.C10H11NO3/c1-8(41-44)9-2-3-10(42)11(6-9)45-5-4-12(43)46-7-13(22,23)14(24,25)15(26,27)16(28,29)17(30,31)18(32,33)19(34,35)20(36,37)21(38,39)40;1-3-14-10-6-8(7(2)11-13)4-5-9(10)12/h2-3,6,42,44H,4-5,7H2,1H3;3-6,12-13H,1H2,2H3/b41-8-;11-7-. The van der Waals surface area contributed by atoms with Crippen LogP contribution < -0.4 is 9.47 Å². The number of benzene rings is 2. The van der Waals surface area contributed by atoms with Crippen LogP contribution in [-0.2, 0) is 9.53 Å². The lowest BCUT2D eigenvalue weighted by Gasteiger charge is -2.43. The molecule has 0 atom stereocenters. The van der Waals surface area contributed by atoms with E-state index in [1.807, 2.05) is 0 Å². The first-order valence-electron chi connectivity index (χ1n) is 15.1. The number of carbonyl (C=O) groups excluding carboxylic acids is 1. The molecule has 0 heterocycles. The molecule has 0 aliphatic carbocycles. The highest BCUT2D eigenvalue weighted by Crippen LogP contribution is 2.65. The number of esters is 1. The Morgan fingerprint density at radius 1 is 0.617 bits per heavy atom. The van der Waals surface area contributed by atoms with Gasteiger partial charge < -0.3 is 34.8 Å². The Labute approximate surface area is 321 Å². The molecule has 0 radical (unpaired) electrons. The van der Waals surface area contributed by atoms with E-state index in [1.54, 1.807) is 19.1 Å². The van der Waals surface area contributed by atoms with E-state index in [1.165, 1.54) is 19.3 Å². The van der Waals surface area contributed by atoms with Gasteiger partial charge in [-0.25, -0.2) is 0 Å². The lowest BCUT2D eigenvalue weighted by molar-refractivity contribution is -0.469. The number of nitrogens with zero attached hydrogens (tertiary/aromatic N) is 2. The molecule has 340 valence electrons. The second-order valence-corrected chi connectivity index (χ2v) is 11.5. The van der Waals surface area contributed by atoms with Crippen molar-refractivity contribution >= 4 is 17.4 Å². The molecule has 0 fully saturated rings. The van der Waals surface area contributed by atoms with Gasteiger partial charge in [-0.1, -0.05) is 16.9 Å². The van der Waals surface area contributed by atoms with Crippen LogP contribution in [0.2, 0.25) is 0 Å². The van der Waals surface area contributed by atoms with Crippen LogP contribution in [0.5, 0.6) is 23.0 Å². The summed E-state index contributed by atoms with van der Waals surface area (Å²) in [6.07, 6.45) is -8.10.